The number of aryl methyl sites for hydroxylation is 2. The lowest BCUT2D eigenvalue weighted by Gasteiger charge is -2.10. The Morgan fingerprint density at radius 2 is 1.46 bits per heavy atom. The lowest BCUT2D eigenvalue weighted by molar-refractivity contribution is 0.600. The maximum absolute atomic E-state index is 12.5. The summed E-state index contributed by atoms with van der Waals surface area (Å²) < 4.78 is 54.7. The van der Waals surface area contributed by atoms with Crippen molar-refractivity contribution in [2.24, 2.45) is 0 Å². The van der Waals surface area contributed by atoms with E-state index < -0.39 is 20.0 Å². The first-order valence-electron chi connectivity index (χ1n) is 7.78. The zero-order valence-corrected chi connectivity index (χ0v) is 17.9. The van der Waals surface area contributed by atoms with E-state index >= 15 is 0 Å². The Kier molecular flexibility index (Phi) is 5.62. The lowest BCUT2D eigenvalue weighted by atomic mass is 10.3. The maximum atomic E-state index is 12.5. The molecule has 8 nitrogen and oxygen atoms in total. The number of nitrogens with one attached hydrogen (secondary N) is 2. The minimum atomic E-state index is -3.92. The van der Waals surface area contributed by atoms with Gasteiger partial charge in [0.05, 0.1) is 9.23 Å². The minimum Gasteiger partial charge on any atom is -0.279 e. The van der Waals surface area contributed by atoms with Crippen LogP contribution in [-0.2, 0) is 20.0 Å². The summed E-state index contributed by atoms with van der Waals surface area (Å²) in [5.41, 5.74) is 1.47. The van der Waals surface area contributed by atoms with Gasteiger partial charge in [0.1, 0.15) is 4.21 Å². The van der Waals surface area contributed by atoms with E-state index in [1.807, 2.05) is 0 Å². The number of hydrogen-bond donors (Lipinski definition) is 2. The lowest BCUT2D eigenvalue weighted by Crippen LogP contribution is -2.16. The quantitative estimate of drug-likeness (QED) is 0.584. The average Bonchev–Trinajstić information content (AvgIpc) is 3.01. The molecule has 0 amide bonds. The molecule has 12 heteroatoms. The predicted molar refractivity (Wildman–Crippen MR) is 109 cm³/mol. The standard InChI is InChI=1S/C16H15ClN4O4S3/c1-10-9-11(2)19-16(18-10)21-27(22,23)13-5-3-12(4-6-13)20-28(24,25)15-8-7-14(17)26-15/h3-9,20H,1-2H3,(H,18,19,21). The number of hydrogen-bond acceptors (Lipinski definition) is 7. The van der Waals surface area contributed by atoms with E-state index in [1.165, 1.54) is 36.4 Å². The third-order valence-corrected chi connectivity index (χ3v) is 7.89. The summed E-state index contributed by atoms with van der Waals surface area (Å²) in [5, 5.41) is 0. The van der Waals surface area contributed by atoms with Crippen molar-refractivity contribution in [2.75, 3.05) is 9.44 Å². The first kappa shape index (κ1) is 20.5. The average molecular weight is 459 g/mol. The summed E-state index contributed by atoms with van der Waals surface area (Å²) in [4.78, 5) is 8.03. The van der Waals surface area contributed by atoms with Crippen LogP contribution in [0.3, 0.4) is 0 Å². The van der Waals surface area contributed by atoms with Crippen molar-refractivity contribution >= 4 is 54.6 Å². The van der Waals surface area contributed by atoms with E-state index in [4.69, 9.17) is 11.6 Å². The van der Waals surface area contributed by atoms with Gasteiger partial charge < -0.3 is 0 Å². The molecule has 0 unspecified atom stereocenters. The first-order valence-corrected chi connectivity index (χ1v) is 11.9. The number of halogens is 1. The molecule has 0 aliphatic heterocycles. The van der Waals surface area contributed by atoms with E-state index in [0.717, 1.165) is 11.3 Å². The predicted octanol–water partition coefficient (Wildman–Crippen LogP) is 3.41. The molecule has 0 atom stereocenters. The van der Waals surface area contributed by atoms with Gasteiger partial charge in [-0.1, -0.05) is 11.6 Å². The van der Waals surface area contributed by atoms with Gasteiger partial charge in [0, 0.05) is 17.1 Å². The van der Waals surface area contributed by atoms with Crippen molar-refractivity contribution in [1.29, 1.82) is 0 Å². The van der Waals surface area contributed by atoms with Crippen LogP contribution in [-0.4, -0.2) is 26.8 Å². The van der Waals surface area contributed by atoms with Crippen molar-refractivity contribution in [3.63, 3.8) is 0 Å². The Hall–Kier alpha value is -2.21. The fourth-order valence-corrected chi connectivity index (χ4v) is 5.79. The third kappa shape index (κ3) is 4.79. The molecule has 0 spiro atoms. The molecule has 2 aromatic heterocycles. The fourth-order valence-electron chi connectivity index (χ4n) is 2.30. The first-order chi connectivity index (χ1) is 13.0. The number of nitrogens with zero attached hydrogens (tertiary/aromatic N) is 2. The summed E-state index contributed by atoms with van der Waals surface area (Å²) in [6.45, 7) is 3.46. The van der Waals surface area contributed by atoms with Crippen LogP contribution < -0.4 is 9.44 Å². The Bertz CT molecular complexity index is 1200. The summed E-state index contributed by atoms with van der Waals surface area (Å²) in [5.74, 6) is -0.0307. The van der Waals surface area contributed by atoms with E-state index in [2.05, 4.69) is 19.4 Å². The molecule has 0 radical (unpaired) electrons. The molecule has 0 aliphatic carbocycles. The van der Waals surface area contributed by atoms with Gasteiger partial charge >= 0.3 is 0 Å². The number of aromatic nitrogens is 2. The molecule has 3 rings (SSSR count). The number of benzene rings is 1. The highest BCUT2D eigenvalue weighted by molar-refractivity contribution is 7.94. The van der Waals surface area contributed by atoms with Crippen LogP contribution in [0, 0.1) is 13.8 Å². The molecule has 0 saturated carbocycles. The van der Waals surface area contributed by atoms with Crippen LogP contribution in [0.1, 0.15) is 11.4 Å². The second kappa shape index (κ2) is 7.66. The van der Waals surface area contributed by atoms with Gasteiger partial charge in [0.2, 0.25) is 5.95 Å². The molecular formula is C16H15ClN4O4S3. The van der Waals surface area contributed by atoms with Crippen LogP contribution in [0.4, 0.5) is 11.6 Å². The number of anilines is 2. The van der Waals surface area contributed by atoms with Crippen molar-refractivity contribution in [3.8, 4) is 0 Å². The van der Waals surface area contributed by atoms with Crippen molar-refractivity contribution < 1.29 is 16.8 Å². The largest absolute Gasteiger partial charge is 0.279 e. The van der Waals surface area contributed by atoms with E-state index in [0.29, 0.717) is 15.7 Å². The van der Waals surface area contributed by atoms with Crippen LogP contribution in [0.5, 0.6) is 0 Å². The van der Waals surface area contributed by atoms with Gasteiger partial charge in [-0.2, -0.15) is 0 Å². The van der Waals surface area contributed by atoms with Crippen LogP contribution >= 0.6 is 22.9 Å². The number of sulfonamides is 2. The zero-order chi connectivity index (χ0) is 20.5. The molecule has 3 aromatic rings. The Morgan fingerprint density at radius 1 is 0.857 bits per heavy atom. The van der Waals surface area contributed by atoms with Gasteiger partial charge in [0.15, 0.2) is 0 Å². The van der Waals surface area contributed by atoms with Crippen molar-refractivity contribution in [3.05, 3.63) is 58.2 Å². The molecular weight excluding hydrogens is 444 g/mol. The van der Waals surface area contributed by atoms with Crippen molar-refractivity contribution in [2.45, 2.75) is 23.0 Å². The van der Waals surface area contributed by atoms with E-state index in [1.54, 1.807) is 19.9 Å². The molecule has 2 N–H and O–H groups in total. The molecule has 0 saturated heterocycles. The SMILES string of the molecule is Cc1cc(C)nc(NS(=O)(=O)c2ccc(NS(=O)(=O)c3ccc(Cl)s3)cc2)n1. The molecule has 1 aromatic carbocycles. The van der Waals surface area contributed by atoms with Gasteiger partial charge in [-0.25, -0.2) is 31.5 Å². The highest BCUT2D eigenvalue weighted by atomic mass is 35.5. The highest BCUT2D eigenvalue weighted by Gasteiger charge is 2.19. The van der Waals surface area contributed by atoms with E-state index in [9.17, 15) is 16.8 Å². The Labute approximate surface area is 171 Å². The fraction of sp³-hybridized carbons (Fsp3) is 0.125. The number of thiophene rings is 1. The summed E-state index contributed by atoms with van der Waals surface area (Å²) >= 11 is 6.69. The molecule has 0 bridgehead atoms. The van der Waals surface area contributed by atoms with Gasteiger partial charge in [-0.3, -0.25) is 4.72 Å². The minimum absolute atomic E-state index is 0.0307. The highest BCUT2D eigenvalue weighted by Crippen LogP contribution is 2.27. The topological polar surface area (TPSA) is 118 Å². The van der Waals surface area contributed by atoms with Gasteiger partial charge in [-0.05, 0) is 56.3 Å². The second-order valence-electron chi connectivity index (χ2n) is 5.77. The molecule has 0 aliphatic rings. The second-order valence-corrected chi connectivity index (χ2v) is 11.1. The van der Waals surface area contributed by atoms with Crippen LogP contribution in [0.15, 0.2) is 51.6 Å². The molecule has 148 valence electrons. The molecule has 28 heavy (non-hydrogen) atoms. The molecule has 2 heterocycles. The van der Waals surface area contributed by atoms with Gasteiger partial charge in [-0.15, -0.1) is 11.3 Å². The Morgan fingerprint density at radius 3 is 2.00 bits per heavy atom. The third-order valence-electron chi connectivity index (χ3n) is 3.44. The van der Waals surface area contributed by atoms with Crippen molar-refractivity contribution in [1.82, 2.24) is 9.97 Å². The Balaban J connectivity index is 1.79. The van der Waals surface area contributed by atoms with Crippen LogP contribution in [0.2, 0.25) is 4.34 Å². The monoisotopic (exact) mass is 458 g/mol. The van der Waals surface area contributed by atoms with Gasteiger partial charge in [0.25, 0.3) is 20.0 Å². The smallest absolute Gasteiger partial charge is 0.271 e. The summed E-state index contributed by atoms with van der Waals surface area (Å²) in [7, 11) is -7.72. The maximum Gasteiger partial charge on any atom is 0.271 e. The molecule has 0 fully saturated rings. The normalized spacial score (nSPS) is 12.0. The van der Waals surface area contributed by atoms with E-state index in [-0.39, 0.29) is 20.7 Å². The summed E-state index contributed by atoms with van der Waals surface area (Å²) in [6, 6.07) is 9.86. The van der Waals surface area contributed by atoms with Crippen LogP contribution in [0.25, 0.3) is 0 Å². The zero-order valence-electron chi connectivity index (χ0n) is 14.7. The number of rotatable bonds is 6. The summed E-state index contributed by atoms with van der Waals surface area (Å²) in [6.07, 6.45) is 0.